The predicted molar refractivity (Wildman–Crippen MR) is 156 cm³/mol. The molecule has 0 saturated carbocycles. The standard InChI is InChI=1S/C30H39N5O5S/c1-20-26(18-41-30-33-19-34-35-30)39-29(40-28(20)24-11-9-23(17-36)10-12-24)25-13-7-22(8-14-25)16-32-27(38)6-4-3-5-15-31-21(2)37/h7-14,19-20,26,28-29,36H,3-6,15-18H2,1-2H3,(H,31,37)(H,32,38)(H,33,34,35). The number of unbranched alkanes of at least 4 members (excludes halogenated alkanes) is 2. The maximum absolute atomic E-state index is 12.2. The molecule has 4 N–H and O–H groups in total. The Morgan fingerprint density at radius 3 is 2.39 bits per heavy atom. The van der Waals surface area contributed by atoms with Crippen molar-refractivity contribution < 1.29 is 24.2 Å². The molecule has 0 radical (unpaired) electrons. The van der Waals surface area contributed by atoms with Gasteiger partial charge >= 0.3 is 0 Å². The van der Waals surface area contributed by atoms with E-state index in [1.165, 1.54) is 13.3 Å². The van der Waals surface area contributed by atoms with Gasteiger partial charge in [-0.05, 0) is 29.5 Å². The number of rotatable bonds is 14. The maximum Gasteiger partial charge on any atom is 0.220 e. The van der Waals surface area contributed by atoms with E-state index in [0.717, 1.165) is 46.7 Å². The lowest BCUT2D eigenvalue weighted by molar-refractivity contribution is -0.268. The van der Waals surface area contributed by atoms with Gasteiger partial charge in [0.2, 0.25) is 11.8 Å². The monoisotopic (exact) mass is 581 g/mol. The van der Waals surface area contributed by atoms with E-state index in [0.29, 0.717) is 25.3 Å². The van der Waals surface area contributed by atoms with E-state index in [4.69, 9.17) is 9.47 Å². The molecule has 1 saturated heterocycles. The first-order valence-corrected chi connectivity index (χ1v) is 15.0. The van der Waals surface area contributed by atoms with Crippen LogP contribution in [0.5, 0.6) is 0 Å². The van der Waals surface area contributed by atoms with Gasteiger partial charge in [-0.25, -0.2) is 4.98 Å². The number of aromatic amines is 1. The van der Waals surface area contributed by atoms with Crippen LogP contribution in [0.1, 0.15) is 74.2 Å². The highest BCUT2D eigenvalue weighted by atomic mass is 32.2. The highest BCUT2D eigenvalue weighted by Crippen LogP contribution is 2.42. The molecule has 4 atom stereocenters. The highest BCUT2D eigenvalue weighted by molar-refractivity contribution is 7.99. The first-order chi connectivity index (χ1) is 19.9. The first-order valence-electron chi connectivity index (χ1n) is 14.0. The zero-order valence-electron chi connectivity index (χ0n) is 23.5. The topological polar surface area (TPSA) is 138 Å². The van der Waals surface area contributed by atoms with Gasteiger partial charge in [0.25, 0.3) is 0 Å². The van der Waals surface area contributed by atoms with E-state index in [2.05, 4.69) is 32.7 Å². The fourth-order valence-corrected chi connectivity index (χ4v) is 5.61. The lowest BCUT2D eigenvalue weighted by atomic mass is 9.91. The number of benzene rings is 2. The molecule has 1 aliphatic heterocycles. The van der Waals surface area contributed by atoms with Crippen LogP contribution in [0.3, 0.4) is 0 Å². The minimum Gasteiger partial charge on any atom is -0.392 e. The molecular weight excluding hydrogens is 542 g/mol. The Kier molecular flexibility index (Phi) is 11.7. The van der Waals surface area contributed by atoms with Crippen LogP contribution in [0.25, 0.3) is 0 Å². The Bertz CT molecular complexity index is 1220. The third-order valence-electron chi connectivity index (χ3n) is 7.10. The number of thioether (sulfide) groups is 1. The number of amides is 2. The minimum atomic E-state index is -0.560. The third kappa shape index (κ3) is 9.39. The molecule has 3 aromatic rings. The van der Waals surface area contributed by atoms with Crippen LogP contribution in [0.15, 0.2) is 60.0 Å². The number of hydrogen-bond donors (Lipinski definition) is 4. The molecule has 2 heterocycles. The molecule has 0 bridgehead atoms. The normalized spacial score (nSPS) is 20.5. The zero-order chi connectivity index (χ0) is 29.0. The molecule has 11 heteroatoms. The summed E-state index contributed by atoms with van der Waals surface area (Å²) in [4.78, 5) is 27.4. The van der Waals surface area contributed by atoms with Gasteiger partial charge < -0.3 is 25.2 Å². The first kappa shape index (κ1) is 30.7. The van der Waals surface area contributed by atoms with Crippen LogP contribution in [-0.2, 0) is 32.2 Å². The van der Waals surface area contributed by atoms with Gasteiger partial charge in [0, 0.05) is 43.7 Å². The Hall–Kier alpha value is -3.25. The van der Waals surface area contributed by atoms with Crippen LogP contribution < -0.4 is 10.6 Å². The summed E-state index contributed by atoms with van der Waals surface area (Å²) in [7, 11) is 0. The predicted octanol–water partition coefficient (Wildman–Crippen LogP) is 4.19. The molecule has 10 nitrogen and oxygen atoms in total. The van der Waals surface area contributed by atoms with E-state index in [-0.39, 0.29) is 36.5 Å². The van der Waals surface area contributed by atoms with Crippen LogP contribution in [0.4, 0.5) is 0 Å². The summed E-state index contributed by atoms with van der Waals surface area (Å²) in [6.45, 7) is 4.72. The van der Waals surface area contributed by atoms with E-state index in [1.54, 1.807) is 11.8 Å². The maximum atomic E-state index is 12.2. The van der Waals surface area contributed by atoms with Crippen LogP contribution >= 0.6 is 11.8 Å². The lowest BCUT2D eigenvalue weighted by Crippen LogP contribution is -2.38. The second-order valence-corrected chi connectivity index (χ2v) is 11.2. The molecule has 1 aromatic heterocycles. The molecule has 2 amide bonds. The second kappa shape index (κ2) is 15.7. The smallest absolute Gasteiger partial charge is 0.220 e. The van der Waals surface area contributed by atoms with Gasteiger partial charge in [-0.15, -0.1) is 0 Å². The number of aliphatic hydroxyl groups excluding tert-OH is 1. The average Bonchev–Trinajstić information content (AvgIpc) is 3.51. The Morgan fingerprint density at radius 1 is 0.976 bits per heavy atom. The number of hydrogen-bond acceptors (Lipinski definition) is 8. The van der Waals surface area contributed by atoms with E-state index in [1.807, 2.05) is 48.5 Å². The van der Waals surface area contributed by atoms with Crippen LogP contribution in [0.2, 0.25) is 0 Å². The highest BCUT2D eigenvalue weighted by Gasteiger charge is 2.38. The fraction of sp³-hybridized carbons (Fsp3) is 0.467. The van der Waals surface area contributed by atoms with Gasteiger partial charge in [0.05, 0.1) is 18.8 Å². The van der Waals surface area contributed by atoms with Crippen molar-refractivity contribution in [3.05, 3.63) is 77.1 Å². The van der Waals surface area contributed by atoms with Gasteiger partial charge in [-0.1, -0.05) is 73.6 Å². The lowest BCUT2D eigenvalue weighted by Gasteiger charge is -2.41. The summed E-state index contributed by atoms with van der Waals surface area (Å²) in [5, 5.41) is 22.8. The number of nitrogens with zero attached hydrogens (tertiary/aromatic N) is 2. The summed E-state index contributed by atoms with van der Waals surface area (Å²) in [5.74, 6) is 0.740. The molecule has 1 aliphatic rings. The van der Waals surface area contributed by atoms with Crippen LogP contribution in [0, 0.1) is 5.92 Å². The third-order valence-corrected chi connectivity index (χ3v) is 8.06. The molecule has 0 spiro atoms. The molecule has 41 heavy (non-hydrogen) atoms. The number of nitrogens with one attached hydrogen (secondary N) is 3. The zero-order valence-corrected chi connectivity index (χ0v) is 24.4. The Balaban J connectivity index is 1.34. The summed E-state index contributed by atoms with van der Waals surface area (Å²) in [5.41, 5.74) is 3.78. The van der Waals surface area contributed by atoms with E-state index < -0.39 is 6.29 Å². The number of aliphatic hydroxyl groups is 1. The molecule has 4 rings (SSSR count). The van der Waals surface area contributed by atoms with Crippen molar-refractivity contribution in [2.45, 2.75) is 76.3 Å². The minimum absolute atomic E-state index is 0.00369. The van der Waals surface area contributed by atoms with Crippen molar-refractivity contribution in [1.29, 1.82) is 0 Å². The molecule has 4 unspecified atom stereocenters. The van der Waals surface area contributed by atoms with Gasteiger partial charge in [-0.2, -0.15) is 5.10 Å². The van der Waals surface area contributed by atoms with Gasteiger partial charge in [0.15, 0.2) is 11.4 Å². The van der Waals surface area contributed by atoms with Gasteiger partial charge in [-0.3, -0.25) is 14.7 Å². The van der Waals surface area contributed by atoms with Crippen LogP contribution in [-0.4, -0.2) is 50.5 Å². The molecule has 220 valence electrons. The number of ether oxygens (including phenoxy) is 2. The van der Waals surface area contributed by atoms with E-state index >= 15 is 0 Å². The van der Waals surface area contributed by atoms with Crippen molar-refractivity contribution in [3.8, 4) is 0 Å². The van der Waals surface area contributed by atoms with Crippen molar-refractivity contribution >= 4 is 23.6 Å². The molecule has 2 aromatic carbocycles. The Labute approximate surface area is 245 Å². The Morgan fingerprint density at radius 2 is 1.71 bits per heavy atom. The number of carbonyl (C=O) groups excluding carboxylic acids is 2. The summed E-state index contributed by atoms with van der Waals surface area (Å²) in [6, 6.07) is 15.8. The quantitative estimate of drug-likeness (QED) is 0.164. The molecular formula is C30H39N5O5S. The second-order valence-electron chi connectivity index (χ2n) is 10.2. The summed E-state index contributed by atoms with van der Waals surface area (Å²) in [6.07, 6.45) is 3.65. The molecule has 0 aliphatic carbocycles. The van der Waals surface area contributed by atoms with Crippen molar-refractivity contribution in [1.82, 2.24) is 25.8 Å². The molecule has 1 fully saturated rings. The number of H-pyrrole nitrogens is 1. The summed E-state index contributed by atoms with van der Waals surface area (Å²) >= 11 is 1.56. The van der Waals surface area contributed by atoms with Crippen molar-refractivity contribution in [2.24, 2.45) is 5.92 Å². The largest absolute Gasteiger partial charge is 0.392 e. The van der Waals surface area contributed by atoms with Crippen molar-refractivity contribution in [2.75, 3.05) is 12.3 Å². The number of aromatic nitrogens is 3. The fourth-order valence-electron chi connectivity index (χ4n) is 4.67. The average molecular weight is 582 g/mol. The summed E-state index contributed by atoms with van der Waals surface area (Å²) < 4.78 is 13.0. The SMILES string of the molecule is CC(=O)NCCCCCC(=O)NCc1ccc(C2OC(CSc3ncn[nH]3)C(C)C(c3ccc(CO)cc3)O2)cc1. The van der Waals surface area contributed by atoms with E-state index in [9.17, 15) is 14.7 Å². The van der Waals surface area contributed by atoms with Gasteiger partial charge in [0.1, 0.15) is 6.33 Å². The number of carbonyl (C=O) groups is 2. The van der Waals surface area contributed by atoms with Crippen molar-refractivity contribution in [3.63, 3.8) is 0 Å².